The summed E-state index contributed by atoms with van der Waals surface area (Å²) in [5.41, 5.74) is 0.895. The molecule has 1 aliphatic rings. The maximum atomic E-state index is 12.5. The Kier molecular flexibility index (Phi) is 8.05. The average molecular weight is 428 g/mol. The van der Waals surface area contributed by atoms with E-state index in [0.717, 1.165) is 5.56 Å². The largest absolute Gasteiger partial charge is 0.493 e. The third-order valence-corrected chi connectivity index (χ3v) is 5.01. The van der Waals surface area contributed by atoms with Gasteiger partial charge in [-0.1, -0.05) is 12.1 Å². The second-order valence-corrected chi connectivity index (χ2v) is 7.02. The molecule has 1 aliphatic heterocycles. The number of nitrogens with zero attached hydrogens (tertiary/aromatic N) is 2. The van der Waals surface area contributed by atoms with Crippen LogP contribution in [0.15, 0.2) is 42.7 Å². The van der Waals surface area contributed by atoms with E-state index >= 15 is 0 Å². The summed E-state index contributed by atoms with van der Waals surface area (Å²) in [4.78, 5) is 30.9. The number of pyridine rings is 1. The van der Waals surface area contributed by atoms with Crippen molar-refractivity contribution in [2.45, 2.75) is 19.0 Å². The van der Waals surface area contributed by atoms with Gasteiger partial charge in [-0.3, -0.25) is 19.5 Å². The zero-order valence-electron chi connectivity index (χ0n) is 17.8. The summed E-state index contributed by atoms with van der Waals surface area (Å²) in [6.45, 7) is 2.29. The number of ether oxygens (including phenoxy) is 3. The molecule has 31 heavy (non-hydrogen) atoms. The third-order valence-electron chi connectivity index (χ3n) is 5.01. The summed E-state index contributed by atoms with van der Waals surface area (Å²) >= 11 is 0. The lowest BCUT2D eigenvalue weighted by Gasteiger charge is -2.35. The topological polar surface area (TPSA) is 102 Å². The van der Waals surface area contributed by atoms with Crippen LogP contribution < -0.4 is 24.8 Å². The predicted octanol–water partition coefficient (Wildman–Crippen LogP) is 0.985. The molecule has 3 rings (SSSR count). The Balaban J connectivity index is 1.57. The monoisotopic (exact) mass is 428 g/mol. The van der Waals surface area contributed by atoms with Crippen molar-refractivity contribution in [3.05, 3.63) is 48.3 Å². The average Bonchev–Trinajstić information content (AvgIpc) is 2.79. The van der Waals surface area contributed by atoms with Gasteiger partial charge in [0.25, 0.3) is 0 Å². The lowest BCUT2D eigenvalue weighted by atomic mass is 10.1. The molecule has 166 valence electrons. The van der Waals surface area contributed by atoms with Crippen LogP contribution in [0.2, 0.25) is 0 Å². The van der Waals surface area contributed by atoms with Crippen molar-refractivity contribution in [2.75, 3.05) is 40.5 Å². The number of carbonyl (C=O) groups excluding carboxylic acids is 2. The van der Waals surface area contributed by atoms with Crippen LogP contribution in [0.5, 0.6) is 17.2 Å². The van der Waals surface area contributed by atoms with Gasteiger partial charge in [-0.25, -0.2) is 0 Å². The molecule has 2 aromatic rings. The highest BCUT2D eigenvalue weighted by Crippen LogP contribution is 2.32. The van der Waals surface area contributed by atoms with Crippen molar-refractivity contribution >= 4 is 11.8 Å². The van der Waals surface area contributed by atoms with E-state index < -0.39 is 6.04 Å². The van der Waals surface area contributed by atoms with Crippen LogP contribution in [0.1, 0.15) is 12.0 Å². The Labute approximate surface area is 181 Å². The van der Waals surface area contributed by atoms with Gasteiger partial charge >= 0.3 is 0 Å². The first-order valence-corrected chi connectivity index (χ1v) is 10.1. The van der Waals surface area contributed by atoms with Gasteiger partial charge < -0.3 is 24.8 Å². The molecular weight excluding hydrogens is 400 g/mol. The molecule has 1 aromatic heterocycles. The zero-order valence-corrected chi connectivity index (χ0v) is 17.8. The van der Waals surface area contributed by atoms with Crippen LogP contribution in [-0.4, -0.2) is 68.2 Å². The van der Waals surface area contributed by atoms with Crippen molar-refractivity contribution in [3.63, 3.8) is 0 Å². The van der Waals surface area contributed by atoms with Crippen molar-refractivity contribution in [3.8, 4) is 17.2 Å². The summed E-state index contributed by atoms with van der Waals surface area (Å²) in [6.07, 6.45) is 3.33. The van der Waals surface area contributed by atoms with Crippen LogP contribution in [0, 0.1) is 0 Å². The highest BCUT2D eigenvalue weighted by atomic mass is 16.5. The molecule has 9 nitrogen and oxygen atoms in total. The van der Waals surface area contributed by atoms with E-state index in [4.69, 9.17) is 14.2 Å². The molecule has 0 radical (unpaired) electrons. The van der Waals surface area contributed by atoms with Crippen LogP contribution in [-0.2, 0) is 16.1 Å². The maximum Gasteiger partial charge on any atom is 0.237 e. The van der Waals surface area contributed by atoms with Gasteiger partial charge in [-0.05, 0) is 18.2 Å². The fourth-order valence-electron chi connectivity index (χ4n) is 3.51. The molecular formula is C22H28N4O5. The van der Waals surface area contributed by atoms with E-state index in [1.165, 1.54) is 0 Å². The normalized spacial score (nSPS) is 16.3. The van der Waals surface area contributed by atoms with Crippen molar-refractivity contribution in [2.24, 2.45) is 0 Å². The van der Waals surface area contributed by atoms with Crippen LogP contribution >= 0.6 is 0 Å². The van der Waals surface area contributed by atoms with Gasteiger partial charge in [-0.15, -0.1) is 0 Å². The van der Waals surface area contributed by atoms with E-state index in [1.807, 2.05) is 23.1 Å². The number of aromatic nitrogens is 1. The smallest absolute Gasteiger partial charge is 0.237 e. The van der Waals surface area contributed by atoms with Gasteiger partial charge in [0.2, 0.25) is 11.8 Å². The van der Waals surface area contributed by atoms with Gasteiger partial charge in [0.05, 0.1) is 39.4 Å². The number of para-hydroxylation sites is 1. The Morgan fingerprint density at radius 3 is 2.87 bits per heavy atom. The molecule has 1 atom stereocenters. The first kappa shape index (κ1) is 22.4. The van der Waals surface area contributed by atoms with Crippen LogP contribution in [0.3, 0.4) is 0 Å². The molecule has 0 saturated carbocycles. The second-order valence-electron chi connectivity index (χ2n) is 7.02. The number of nitrogens with one attached hydrogen (secondary N) is 2. The van der Waals surface area contributed by atoms with E-state index in [9.17, 15) is 9.59 Å². The minimum absolute atomic E-state index is 0.0605. The molecule has 9 heteroatoms. The van der Waals surface area contributed by atoms with Crippen molar-refractivity contribution < 1.29 is 23.8 Å². The third kappa shape index (κ3) is 6.08. The van der Waals surface area contributed by atoms with Crippen LogP contribution in [0.25, 0.3) is 0 Å². The van der Waals surface area contributed by atoms with E-state index in [0.29, 0.717) is 50.0 Å². The summed E-state index contributed by atoms with van der Waals surface area (Å²) in [5.74, 6) is 1.53. The molecule has 0 bridgehead atoms. The summed E-state index contributed by atoms with van der Waals surface area (Å²) in [7, 11) is 3.17. The standard InChI is InChI=1S/C22H28N4O5/c1-29-19-7-3-5-16(21(19)30-2)15-26-11-9-25-22(28)18(26)13-20(27)24-10-12-31-17-6-4-8-23-14-17/h3-8,14,18H,9-13,15H2,1-2H3,(H,24,27)(H,25,28)/t18-/m1/s1. The Morgan fingerprint density at radius 1 is 1.26 bits per heavy atom. The Morgan fingerprint density at radius 2 is 2.13 bits per heavy atom. The fraction of sp³-hybridized carbons (Fsp3) is 0.409. The van der Waals surface area contributed by atoms with E-state index in [-0.39, 0.29) is 18.2 Å². The summed E-state index contributed by atoms with van der Waals surface area (Å²) < 4.78 is 16.4. The number of benzene rings is 1. The molecule has 0 unspecified atom stereocenters. The molecule has 0 aliphatic carbocycles. The summed E-state index contributed by atoms with van der Waals surface area (Å²) in [5, 5.41) is 5.66. The lowest BCUT2D eigenvalue weighted by molar-refractivity contribution is -0.134. The van der Waals surface area contributed by atoms with E-state index in [1.54, 1.807) is 38.7 Å². The molecule has 1 saturated heterocycles. The Hall–Kier alpha value is -3.33. The molecule has 1 aromatic carbocycles. The highest BCUT2D eigenvalue weighted by molar-refractivity contribution is 5.88. The van der Waals surface area contributed by atoms with Crippen molar-refractivity contribution in [1.29, 1.82) is 0 Å². The number of hydrogen-bond donors (Lipinski definition) is 2. The van der Waals surface area contributed by atoms with Gasteiger partial charge in [-0.2, -0.15) is 0 Å². The molecule has 2 N–H and O–H groups in total. The minimum Gasteiger partial charge on any atom is -0.493 e. The number of rotatable bonds is 10. The lowest BCUT2D eigenvalue weighted by Crippen LogP contribution is -2.56. The number of piperazine rings is 1. The van der Waals surface area contributed by atoms with E-state index in [2.05, 4.69) is 15.6 Å². The molecule has 2 amide bonds. The zero-order chi connectivity index (χ0) is 22.1. The SMILES string of the molecule is COc1cccc(CN2CCNC(=O)[C@H]2CC(=O)NCCOc2cccnc2)c1OC. The first-order chi connectivity index (χ1) is 15.1. The highest BCUT2D eigenvalue weighted by Gasteiger charge is 2.32. The molecule has 0 spiro atoms. The van der Waals surface area contributed by atoms with Gasteiger partial charge in [0.15, 0.2) is 11.5 Å². The Bertz CT molecular complexity index is 877. The number of amides is 2. The number of methoxy groups -OCH3 is 2. The van der Waals surface area contributed by atoms with Crippen LogP contribution in [0.4, 0.5) is 0 Å². The van der Waals surface area contributed by atoms with Crippen molar-refractivity contribution in [1.82, 2.24) is 20.5 Å². The van der Waals surface area contributed by atoms with Gasteiger partial charge in [0, 0.05) is 31.4 Å². The quantitative estimate of drug-likeness (QED) is 0.544. The predicted molar refractivity (Wildman–Crippen MR) is 114 cm³/mol. The number of hydrogen-bond acceptors (Lipinski definition) is 7. The minimum atomic E-state index is -0.566. The second kappa shape index (κ2) is 11.2. The molecule has 2 heterocycles. The first-order valence-electron chi connectivity index (χ1n) is 10.1. The summed E-state index contributed by atoms with van der Waals surface area (Å²) in [6, 6.07) is 8.65. The fourth-order valence-corrected chi connectivity index (χ4v) is 3.51. The number of carbonyl (C=O) groups is 2. The maximum absolute atomic E-state index is 12.5. The molecule has 1 fully saturated rings. The van der Waals surface area contributed by atoms with Gasteiger partial charge in [0.1, 0.15) is 12.4 Å².